The van der Waals surface area contributed by atoms with Gasteiger partial charge in [-0.1, -0.05) is 35.6 Å². The molecule has 1 heterocycles. The number of carbonyl (C=O) groups excluding carboxylic acids is 1. The second-order valence-corrected chi connectivity index (χ2v) is 5.82. The highest BCUT2D eigenvalue weighted by Gasteiger charge is 2.11. The maximum atomic E-state index is 12.0. The highest BCUT2D eigenvalue weighted by Crippen LogP contribution is 2.32. The number of benzene rings is 2. The number of hydrogen-bond acceptors (Lipinski definition) is 5. The lowest BCUT2D eigenvalue weighted by Gasteiger charge is -2.05. The largest absolute Gasteiger partial charge is 0.494 e. The van der Waals surface area contributed by atoms with Crippen LogP contribution in [0.2, 0.25) is 0 Å². The monoisotopic (exact) mass is 328 g/mol. The smallest absolute Gasteiger partial charge is 0.229 e. The SMILES string of the molecule is COc1cccc2sc(NC(=O)CCOc3ccccc3)nc12. The Hall–Kier alpha value is -2.60. The Balaban J connectivity index is 1.57. The van der Waals surface area contributed by atoms with Gasteiger partial charge in [-0.05, 0) is 24.3 Å². The Morgan fingerprint density at radius 1 is 1.17 bits per heavy atom. The van der Waals surface area contributed by atoms with E-state index in [1.807, 2.05) is 48.5 Å². The summed E-state index contributed by atoms with van der Waals surface area (Å²) < 4.78 is 11.8. The molecule has 0 aliphatic heterocycles. The molecule has 0 saturated heterocycles. The van der Waals surface area contributed by atoms with Crippen molar-refractivity contribution < 1.29 is 14.3 Å². The molecule has 2 aromatic carbocycles. The van der Waals surface area contributed by atoms with Crippen molar-refractivity contribution in [2.24, 2.45) is 0 Å². The first-order valence-electron chi connectivity index (χ1n) is 7.17. The molecule has 23 heavy (non-hydrogen) atoms. The molecular weight excluding hydrogens is 312 g/mol. The van der Waals surface area contributed by atoms with Crippen LogP contribution in [0.4, 0.5) is 5.13 Å². The van der Waals surface area contributed by atoms with Gasteiger partial charge >= 0.3 is 0 Å². The number of amides is 1. The number of para-hydroxylation sites is 2. The molecule has 0 spiro atoms. The number of ether oxygens (including phenoxy) is 2. The topological polar surface area (TPSA) is 60.5 Å². The molecule has 1 aromatic heterocycles. The number of hydrogen-bond donors (Lipinski definition) is 1. The fourth-order valence-electron chi connectivity index (χ4n) is 2.10. The van der Waals surface area contributed by atoms with Gasteiger partial charge in [0.1, 0.15) is 17.0 Å². The number of anilines is 1. The fraction of sp³-hybridized carbons (Fsp3) is 0.176. The predicted octanol–water partition coefficient (Wildman–Crippen LogP) is 3.71. The number of carbonyl (C=O) groups is 1. The van der Waals surface area contributed by atoms with E-state index < -0.39 is 0 Å². The van der Waals surface area contributed by atoms with Crippen molar-refractivity contribution in [3.63, 3.8) is 0 Å². The van der Waals surface area contributed by atoms with Crippen molar-refractivity contribution in [2.45, 2.75) is 6.42 Å². The van der Waals surface area contributed by atoms with Gasteiger partial charge in [-0.3, -0.25) is 4.79 Å². The van der Waals surface area contributed by atoms with Crippen LogP contribution in [0.15, 0.2) is 48.5 Å². The number of thiazole rings is 1. The first-order chi connectivity index (χ1) is 11.3. The summed E-state index contributed by atoms with van der Waals surface area (Å²) in [6.45, 7) is 0.323. The Morgan fingerprint density at radius 3 is 2.78 bits per heavy atom. The van der Waals surface area contributed by atoms with Crippen molar-refractivity contribution in [1.82, 2.24) is 4.98 Å². The number of aromatic nitrogens is 1. The van der Waals surface area contributed by atoms with Gasteiger partial charge in [0.2, 0.25) is 5.91 Å². The standard InChI is InChI=1S/C17H16N2O3S/c1-21-13-8-5-9-14-16(13)19-17(23-14)18-15(20)10-11-22-12-6-3-2-4-7-12/h2-9H,10-11H2,1H3,(H,18,19,20). The Kier molecular flexibility index (Phi) is 4.73. The molecule has 1 N–H and O–H groups in total. The van der Waals surface area contributed by atoms with Crippen LogP contribution in [-0.2, 0) is 4.79 Å². The van der Waals surface area contributed by atoms with Gasteiger partial charge in [-0.2, -0.15) is 0 Å². The third-order valence-corrected chi connectivity index (χ3v) is 4.13. The van der Waals surface area contributed by atoms with Crippen LogP contribution >= 0.6 is 11.3 Å². The third-order valence-electron chi connectivity index (χ3n) is 3.19. The van der Waals surface area contributed by atoms with Crippen LogP contribution in [0.25, 0.3) is 10.2 Å². The fourth-order valence-corrected chi connectivity index (χ4v) is 3.00. The van der Waals surface area contributed by atoms with Crippen molar-refractivity contribution in [3.05, 3.63) is 48.5 Å². The minimum Gasteiger partial charge on any atom is -0.494 e. The number of fused-ring (bicyclic) bond motifs is 1. The van der Waals surface area contributed by atoms with Crippen molar-refractivity contribution in [1.29, 1.82) is 0 Å². The first-order valence-corrected chi connectivity index (χ1v) is 7.99. The van der Waals surface area contributed by atoms with E-state index in [0.29, 0.717) is 17.5 Å². The second kappa shape index (κ2) is 7.11. The lowest BCUT2D eigenvalue weighted by Crippen LogP contribution is -2.15. The molecule has 0 aliphatic rings. The molecule has 0 saturated carbocycles. The number of nitrogens with zero attached hydrogens (tertiary/aromatic N) is 1. The summed E-state index contributed by atoms with van der Waals surface area (Å²) in [6.07, 6.45) is 0.266. The summed E-state index contributed by atoms with van der Waals surface area (Å²) in [7, 11) is 1.60. The molecule has 0 bridgehead atoms. The first kappa shape index (κ1) is 15.3. The number of nitrogens with one attached hydrogen (secondary N) is 1. The van der Waals surface area contributed by atoms with Gasteiger partial charge in [0.15, 0.2) is 5.13 Å². The summed E-state index contributed by atoms with van der Waals surface area (Å²) in [5.41, 5.74) is 0.760. The molecule has 0 atom stereocenters. The van der Waals surface area contributed by atoms with E-state index in [9.17, 15) is 4.79 Å². The summed E-state index contributed by atoms with van der Waals surface area (Å²) in [4.78, 5) is 16.4. The van der Waals surface area contributed by atoms with Gasteiger partial charge in [-0.25, -0.2) is 4.98 Å². The molecular formula is C17H16N2O3S. The average Bonchev–Trinajstić information content (AvgIpc) is 2.98. The van der Waals surface area contributed by atoms with Crippen LogP contribution in [0, 0.1) is 0 Å². The maximum Gasteiger partial charge on any atom is 0.229 e. The van der Waals surface area contributed by atoms with Crippen LogP contribution in [0.5, 0.6) is 11.5 Å². The lowest BCUT2D eigenvalue weighted by atomic mass is 10.3. The molecule has 1 amide bonds. The summed E-state index contributed by atoms with van der Waals surface area (Å²) in [5, 5.41) is 3.37. The third kappa shape index (κ3) is 3.78. The van der Waals surface area contributed by atoms with Crippen molar-refractivity contribution in [3.8, 4) is 11.5 Å². The van der Waals surface area contributed by atoms with Crippen LogP contribution in [0.3, 0.4) is 0 Å². The Morgan fingerprint density at radius 2 is 2.00 bits per heavy atom. The second-order valence-electron chi connectivity index (χ2n) is 4.79. The Labute approximate surface area is 137 Å². The van der Waals surface area contributed by atoms with E-state index in [-0.39, 0.29) is 12.3 Å². The lowest BCUT2D eigenvalue weighted by molar-refractivity contribution is -0.116. The van der Waals surface area contributed by atoms with E-state index in [0.717, 1.165) is 16.0 Å². The molecule has 0 unspecified atom stereocenters. The van der Waals surface area contributed by atoms with E-state index in [1.165, 1.54) is 11.3 Å². The van der Waals surface area contributed by atoms with Crippen molar-refractivity contribution in [2.75, 3.05) is 19.0 Å². The highest BCUT2D eigenvalue weighted by molar-refractivity contribution is 7.22. The molecule has 0 radical (unpaired) electrons. The van der Waals surface area contributed by atoms with E-state index in [4.69, 9.17) is 9.47 Å². The molecule has 0 fully saturated rings. The zero-order valence-electron chi connectivity index (χ0n) is 12.6. The van der Waals surface area contributed by atoms with Crippen LogP contribution in [0.1, 0.15) is 6.42 Å². The maximum absolute atomic E-state index is 12.0. The summed E-state index contributed by atoms with van der Waals surface area (Å²) >= 11 is 1.42. The van der Waals surface area contributed by atoms with Gasteiger partial charge in [0, 0.05) is 0 Å². The van der Waals surface area contributed by atoms with Gasteiger partial charge in [0.25, 0.3) is 0 Å². The number of methoxy groups -OCH3 is 1. The van der Waals surface area contributed by atoms with E-state index in [1.54, 1.807) is 7.11 Å². The van der Waals surface area contributed by atoms with Gasteiger partial charge in [0.05, 0.1) is 24.8 Å². The zero-order valence-corrected chi connectivity index (χ0v) is 13.4. The molecule has 5 nitrogen and oxygen atoms in total. The normalized spacial score (nSPS) is 10.5. The molecule has 3 aromatic rings. The summed E-state index contributed by atoms with van der Waals surface area (Å²) in [6, 6.07) is 15.1. The quantitative estimate of drug-likeness (QED) is 0.749. The van der Waals surface area contributed by atoms with E-state index >= 15 is 0 Å². The Bertz CT molecular complexity index is 802. The molecule has 118 valence electrons. The molecule has 3 rings (SSSR count). The predicted molar refractivity (Wildman–Crippen MR) is 91.4 cm³/mol. The van der Waals surface area contributed by atoms with Crippen molar-refractivity contribution >= 4 is 32.6 Å². The van der Waals surface area contributed by atoms with Gasteiger partial charge in [-0.15, -0.1) is 0 Å². The molecule has 0 aliphatic carbocycles. The highest BCUT2D eigenvalue weighted by atomic mass is 32.1. The van der Waals surface area contributed by atoms with E-state index in [2.05, 4.69) is 10.3 Å². The average molecular weight is 328 g/mol. The summed E-state index contributed by atoms with van der Waals surface area (Å²) in [5.74, 6) is 1.33. The minimum absolute atomic E-state index is 0.126. The van der Waals surface area contributed by atoms with Crippen LogP contribution in [-0.4, -0.2) is 24.6 Å². The van der Waals surface area contributed by atoms with Crippen LogP contribution < -0.4 is 14.8 Å². The minimum atomic E-state index is -0.126. The number of rotatable bonds is 6. The zero-order chi connectivity index (χ0) is 16.1. The van der Waals surface area contributed by atoms with Gasteiger partial charge < -0.3 is 14.8 Å². The molecule has 6 heteroatoms.